The highest BCUT2D eigenvalue weighted by molar-refractivity contribution is 9.11. The molecular formula is C18H17Br2NO4. The number of rotatable bonds is 7. The number of carbonyl (C=O) groups is 2. The topological polar surface area (TPSA) is 75.6 Å². The van der Waals surface area contributed by atoms with Crippen LogP contribution in [0.15, 0.2) is 45.3 Å². The van der Waals surface area contributed by atoms with Gasteiger partial charge in [-0.2, -0.15) is 0 Å². The highest BCUT2D eigenvalue weighted by Crippen LogP contribution is 2.35. The Morgan fingerprint density at radius 2 is 1.80 bits per heavy atom. The highest BCUT2D eigenvalue weighted by atomic mass is 79.9. The van der Waals surface area contributed by atoms with Crippen LogP contribution in [0.3, 0.4) is 0 Å². The summed E-state index contributed by atoms with van der Waals surface area (Å²) < 4.78 is 7.20. The molecule has 132 valence electrons. The molecule has 5 nitrogen and oxygen atoms in total. The maximum Gasteiger partial charge on any atom is 0.307 e. The van der Waals surface area contributed by atoms with Crippen molar-refractivity contribution in [3.05, 3.63) is 56.5 Å². The number of ether oxygens (including phenoxy) is 1. The fourth-order valence-corrected chi connectivity index (χ4v) is 3.68. The van der Waals surface area contributed by atoms with Crippen LogP contribution in [0.4, 0.5) is 5.69 Å². The highest BCUT2D eigenvalue weighted by Gasteiger charge is 2.11. The first kappa shape index (κ1) is 19.5. The van der Waals surface area contributed by atoms with Gasteiger partial charge in [-0.25, -0.2) is 0 Å². The maximum absolute atomic E-state index is 11.5. The molecule has 2 aromatic rings. The number of hydrogen-bond acceptors (Lipinski definition) is 3. The van der Waals surface area contributed by atoms with Crippen molar-refractivity contribution in [2.24, 2.45) is 0 Å². The number of carbonyl (C=O) groups excluding carboxylic acids is 1. The number of hydrogen-bond donors (Lipinski definition) is 2. The Hall–Kier alpha value is -1.86. The van der Waals surface area contributed by atoms with Gasteiger partial charge in [-0.05, 0) is 67.3 Å². The van der Waals surface area contributed by atoms with Gasteiger partial charge in [-0.3, -0.25) is 9.59 Å². The van der Waals surface area contributed by atoms with Crippen LogP contribution < -0.4 is 10.1 Å². The molecule has 7 heteroatoms. The Kier molecular flexibility index (Phi) is 7.01. The van der Waals surface area contributed by atoms with E-state index in [1.807, 2.05) is 24.3 Å². The molecular weight excluding hydrogens is 454 g/mol. The van der Waals surface area contributed by atoms with Gasteiger partial charge in [-0.15, -0.1) is 0 Å². The van der Waals surface area contributed by atoms with Crippen molar-refractivity contribution in [2.75, 3.05) is 5.32 Å². The lowest BCUT2D eigenvalue weighted by Crippen LogP contribution is -2.09. The zero-order valence-electron chi connectivity index (χ0n) is 13.5. The Balaban J connectivity index is 2.10. The van der Waals surface area contributed by atoms with Gasteiger partial charge in [0.05, 0.1) is 15.4 Å². The minimum atomic E-state index is -0.890. The molecule has 0 radical (unpaired) electrons. The van der Waals surface area contributed by atoms with Gasteiger partial charge in [0.2, 0.25) is 5.91 Å². The lowest BCUT2D eigenvalue weighted by Gasteiger charge is -2.13. The van der Waals surface area contributed by atoms with Crippen LogP contribution in [0.25, 0.3) is 0 Å². The average molecular weight is 471 g/mol. The van der Waals surface area contributed by atoms with Gasteiger partial charge in [-0.1, -0.05) is 19.1 Å². The van der Waals surface area contributed by atoms with E-state index in [4.69, 9.17) is 9.84 Å². The first-order chi connectivity index (χ1) is 11.9. The van der Waals surface area contributed by atoms with Gasteiger partial charge in [0.25, 0.3) is 0 Å². The summed E-state index contributed by atoms with van der Waals surface area (Å²) in [7, 11) is 0. The molecule has 0 bridgehead atoms. The van der Waals surface area contributed by atoms with E-state index >= 15 is 0 Å². The van der Waals surface area contributed by atoms with Crippen molar-refractivity contribution in [2.45, 2.75) is 26.4 Å². The molecule has 0 aliphatic rings. The second-order valence-corrected chi connectivity index (χ2v) is 7.06. The number of carboxylic acid groups (broad SMARTS) is 1. The van der Waals surface area contributed by atoms with Gasteiger partial charge in [0.1, 0.15) is 12.4 Å². The molecule has 2 aromatic carbocycles. The first-order valence-corrected chi connectivity index (χ1v) is 9.19. The number of aliphatic carboxylic acids is 1. The summed E-state index contributed by atoms with van der Waals surface area (Å²) in [4.78, 5) is 22.3. The van der Waals surface area contributed by atoms with E-state index in [-0.39, 0.29) is 12.3 Å². The number of nitrogens with one attached hydrogen (secondary N) is 1. The van der Waals surface area contributed by atoms with E-state index in [0.29, 0.717) is 33.3 Å². The predicted octanol–water partition coefficient (Wildman–Crippen LogP) is 4.77. The molecule has 2 rings (SSSR count). The maximum atomic E-state index is 11.5. The predicted molar refractivity (Wildman–Crippen MR) is 103 cm³/mol. The van der Waals surface area contributed by atoms with E-state index in [1.54, 1.807) is 19.1 Å². The van der Waals surface area contributed by atoms with Gasteiger partial charge < -0.3 is 15.2 Å². The van der Waals surface area contributed by atoms with Crippen LogP contribution in [0, 0.1) is 0 Å². The van der Waals surface area contributed by atoms with Crippen molar-refractivity contribution < 1.29 is 19.4 Å². The number of benzene rings is 2. The van der Waals surface area contributed by atoms with E-state index in [9.17, 15) is 9.59 Å². The minimum Gasteiger partial charge on any atom is -0.487 e. The molecule has 0 unspecified atom stereocenters. The fraction of sp³-hybridized carbons (Fsp3) is 0.222. The number of amides is 1. The molecule has 0 aliphatic carbocycles. The summed E-state index contributed by atoms with van der Waals surface area (Å²) >= 11 is 6.83. The van der Waals surface area contributed by atoms with Gasteiger partial charge in [0.15, 0.2) is 0 Å². The third-order valence-corrected chi connectivity index (χ3v) is 4.51. The van der Waals surface area contributed by atoms with Crippen LogP contribution in [-0.2, 0) is 22.6 Å². The Morgan fingerprint density at radius 3 is 2.40 bits per heavy atom. The third-order valence-electron chi connectivity index (χ3n) is 3.33. The molecule has 0 aromatic heterocycles. The Bertz CT molecular complexity index is 769. The molecule has 0 heterocycles. The lowest BCUT2D eigenvalue weighted by atomic mass is 10.1. The standard InChI is InChI=1S/C18H17Br2NO4/c1-2-16(22)21-13-5-3-4-11(6-13)10-25-18-14(19)7-12(8-15(18)20)9-17(23)24/h3-8H,2,9-10H2,1H3,(H,21,22)(H,23,24). The monoisotopic (exact) mass is 469 g/mol. The summed E-state index contributed by atoms with van der Waals surface area (Å²) in [6.07, 6.45) is 0.361. The van der Waals surface area contributed by atoms with E-state index in [0.717, 1.165) is 11.3 Å². The second kappa shape index (κ2) is 9.01. The van der Waals surface area contributed by atoms with Crippen molar-refractivity contribution in [1.29, 1.82) is 0 Å². The first-order valence-electron chi connectivity index (χ1n) is 7.60. The molecule has 25 heavy (non-hydrogen) atoms. The van der Waals surface area contributed by atoms with Crippen LogP contribution in [0.2, 0.25) is 0 Å². The normalized spacial score (nSPS) is 10.4. The average Bonchev–Trinajstić information content (AvgIpc) is 2.53. The van der Waals surface area contributed by atoms with Crippen LogP contribution >= 0.6 is 31.9 Å². The fourth-order valence-electron chi connectivity index (χ4n) is 2.17. The van der Waals surface area contributed by atoms with Crippen molar-refractivity contribution in [3.63, 3.8) is 0 Å². The zero-order valence-corrected chi connectivity index (χ0v) is 16.7. The van der Waals surface area contributed by atoms with Crippen LogP contribution in [-0.4, -0.2) is 17.0 Å². The summed E-state index contributed by atoms with van der Waals surface area (Å²) in [6, 6.07) is 10.9. The number of halogens is 2. The van der Waals surface area contributed by atoms with Crippen molar-refractivity contribution in [1.82, 2.24) is 0 Å². The van der Waals surface area contributed by atoms with Gasteiger partial charge in [0, 0.05) is 12.1 Å². The third kappa shape index (κ3) is 5.86. The molecule has 1 amide bonds. The largest absolute Gasteiger partial charge is 0.487 e. The quantitative estimate of drug-likeness (QED) is 0.611. The molecule has 2 N–H and O–H groups in total. The summed E-state index contributed by atoms with van der Waals surface area (Å²) in [6.45, 7) is 2.11. The smallest absolute Gasteiger partial charge is 0.307 e. The summed E-state index contributed by atoms with van der Waals surface area (Å²) in [5.74, 6) is -0.340. The summed E-state index contributed by atoms with van der Waals surface area (Å²) in [5, 5.41) is 11.7. The van der Waals surface area contributed by atoms with E-state index in [1.165, 1.54) is 0 Å². The van der Waals surface area contributed by atoms with Gasteiger partial charge >= 0.3 is 5.97 Å². The number of carboxylic acids is 1. The molecule has 0 saturated heterocycles. The van der Waals surface area contributed by atoms with E-state index in [2.05, 4.69) is 37.2 Å². The Labute approximate surface area is 162 Å². The van der Waals surface area contributed by atoms with E-state index < -0.39 is 5.97 Å². The zero-order chi connectivity index (χ0) is 18.4. The van der Waals surface area contributed by atoms with Crippen molar-refractivity contribution in [3.8, 4) is 5.75 Å². The SMILES string of the molecule is CCC(=O)Nc1cccc(COc2c(Br)cc(CC(=O)O)cc2Br)c1. The molecule has 0 saturated carbocycles. The van der Waals surface area contributed by atoms with Crippen LogP contribution in [0.1, 0.15) is 24.5 Å². The van der Waals surface area contributed by atoms with Crippen molar-refractivity contribution >= 4 is 49.4 Å². The molecule has 0 atom stereocenters. The van der Waals surface area contributed by atoms with Crippen LogP contribution in [0.5, 0.6) is 5.75 Å². The molecule has 0 spiro atoms. The Morgan fingerprint density at radius 1 is 1.12 bits per heavy atom. The number of anilines is 1. The second-order valence-electron chi connectivity index (χ2n) is 5.35. The lowest BCUT2D eigenvalue weighted by molar-refractivity contribution is -0.136. The summed E-state index contributed by atoms with van der Waals surface area (Å²) in [5.41, 5.74) is 2.30. The molecule has 0 aliphatic heterocycles. The minimum absolute atomic E-state index is 0.0439. The molecule has 0 fully saturated rings.